The minimum absolute atomic E-state index is 0.0392. The summed E-state index contributed by atoms with van der Waals surface area (Å²) in [5.74, 6) is -0.772. The van der Waals surface area contributed by atoms with E-state index in [9.17, 15) is 9.59 Å². The van der Waals surface area contributed by atoms with Crippen molar-refractivity contribution >= 4 is 23.7 Å². The Morgan fingerprint density at radius 2 is 1.68 bits per heavy atom. The molecule has 2 fully saturated rings. The fourth-order valence-corrected chi connectivity index (χ4v) is 3.44. The molecule has 0 N–H and O–H groups in total. The summed E-state index contributed by atoms with van der Waals surface area (Å²) in [6, 6.07) is 0. The van der Waals surface area contributed by atoms with E-state index >= 15 is 0 Å². The summed E-state index contributed by atoms with van der Waals surface area (Å²) >= 11 is 3.93. The Morgan fingerprint density at radius 3 is 2.26 bits per heavy atom. The first-order valence-electron chi connectivity index (χ1n) is 6.62. The van der Waals surface area contributed by atoms with Gasteiger partial charge in [-0.15, -0.1) is 12.6 Å². The molecule has 3 aliphatic heterocycles. The lowest BCUT2D eigenvalue weighted by Crippen LogP contribution is -2.51. The highest BCUT2D eigenvalue weighted by Gasteiger charge is 2.53. The van der Waals surface area contributed by atoms with Gasteiger partial charge in [0, 0.05) is 26.2 Å². The Balaban J connectivity index is 1.75. The molecule has 6 heteroatoms. The van der Waals surface area contributed by atoms with Crippen LogP contribution in [-0.2, 0) is 14.3 Å². The molecule has 0 aromatic rings. The van der Waals surface area contributed by atoms with E-state index in [0.717, 1.165) is 26.2 Å². The summed E-state index contributed by atoms with van der Waals surface area (Å²) in [7, 11) is 2.05. The van der Waals surface area contributed by atoms with Crippen LogP contribution < -0.4 is 0 Å². The number of carbonyl (C=O) groups excluding carboxylic acids is 2. The van der Waals surface area contributed by atoms with E-state index in [1.807, 2.05) is 24.1 Å². The van der Waals surface area contributed by atoms with E-state index in [1.165, 1.54) is 0 Å². The lowest BCUT2D eigenvalue weighted by Gasteiger charge is -2.35. The van der Waals surface area contributed by atoms with E-state index in [1.54, 1.807) is 0 Å². The van der Waals surface area contributed by atoms with Gasteiger partial charge in [-0.1, -0.05) is 12.2 Å². The highest BCUT2D eigenvalue weighted by Crippen LogP contribution is 2.41. The second-order valence-electron chi connectivity index (χ2n) is 5.47. The first kappa shape index (κ1) is 13.1. The molecule has 3 aliphatic rings. The van der Waals surface area contributed by atoms with Gasteiger partial charge < -0.3 is 14.5 Å². The van der Waals surface area contributed by atoms with Crippen LogP contribution in [-0.4, -0.2) is 66.3 Å². The third-order valence-corrected chi connectivity index (χ3v) is 4.58. The number of thiol groups is 1. The lowest BCUT2D eigenvalue weighted by molar-refractivity contribution is -0.140. The Labute approximate surface area is 118 Å². The molecule has 4 atom stereocenters. The number of fused-ring (bicyclic) bond motifs is 2. The SMILES string of the molecule is CN1CCN(C(=O)C2C(C(=O)S)[C@@H]3C=C[C@H]2O3)CC1. The molecule has 0 aromatic heterocycles. The fourth-order valence-electron chi connectivity index (χ4n) is 3.13. The van der Waals surface area contributed by atoms with Crippen molar-refractivity contribution in [2.75, 3.05) is 33.2 Å². The van der Waals surface area contributed by atoms with E-state index < -0.39 is 5.92 Å². The number of nitrogens with zero attached hydrogens (tertiary/aromatic N) is 2. The molecule has 2 saturated heterocycles. The zero-order valence-electron chi connectivity index (χ0n) is 10.9. The Kier molecular flexibility index (Phi) is 3.41. The summed E-state index contributed by atoms with van der Waals surface area (Å²) in [5.41, 5.74) is 0. The fraction of sp³-hybridized carbons (Fsp3) is 0.692. The molecule has 5 nitrogen and oxygen atoms in total. The molecule has 3 heterocycles. The van der Waals surface area contributed by atoms with E-state index in [0.29, 0.717) is 0 Å². The molecule has 0 radical (unpaired) electrons. The van der Waals surface area contributed by atoms with Gasteiger partial charge >= 0.3 is 0 Å². The quantitative estimate of drug-likeness (QED) is 0.562. The standard InChI is InChI=1S/C13H18N2O3S/c1-14-4-6-15(7-5-14)12(16)10-8-2-3-9(18-8)11(10)13(17)19/h2-3,8-11H,4-7H2,1H3,(H,17,19)/t8-,9+,10?,11?/m1/s1. The van der Waals surface area contributed by atoms with Crippen LogP contribution in [0.3, 0.4) is 0 Å². The van der Waals surface area contributed by atoms with Gasteiger partial charge in [0.25, 0.3) is 0 Å². The molecule has 0 saturated carbocycles. The van der Waals surface area contributed by atoms with Crippen molar-refractivity contribution in [1.29, 1.82) is 0 Å². The van der Waals surface area contributed by atoms with E-state index in [-0.39, 0.29) is 29.1 Å². The Bertz CT molecular complexity index is 432. The molecule has 104 valence electrons. The van der Waals surface area contributed by atoms with Crippen molar-refractivity contribution < 1.29 is 14.3 Å². The molecule has 1 amide bonds. The minimum Gasteiger partial charge on any atom is -0.365 e. The van der Waals surface area contributed by atoms with Gasteiger partial charge in [-0.05, 0) is 7.05 Å². The van der Waals surface area contributed by atoms with Crippen LogP contribution in [0.5, 0.6) is 0 Å². The van der Waals surface area contributed by atoms with Gasteiger partial charge in [-0.3, -0.25) is 9.59 Å². The van der Waals surface area contributed by atoms with Crippen molar-refractivity contribution in [3.8, 4) is 0 Å². The van der Waals surface area contributed by atoms with Crippen LogP contribution in [0.1, 0.15) is 0 Å². The molecule has 0 spiro atoms. The van der Waals surface area contributed by atoms with Crippen molar-refractivity contribution in [1.82, 2.24) is 9.80 Å². The van der Waals surface area contributed by atoms with Crippen LogP contribution >= 0.6 is 12.6 Å². The van der Waals surface area contributed by atoms with Crippen molar-refractivity contribution in [3.05, 3.63) is 12.2 Å². The largest absolute Gasteiger partial charge is 0.365 e. The number of piperazine rings is 1. The number of hydrogen-bond acceptors (Lipinski definition) is 4. The summed E-state index contributed by atoms with van der Waals surface area (Å²) < 4.78 is 5.65. The number of hydrogen-bond donors (Lipinski definition) is 1. The van der Waals surface area contributed by atoms with Crippen LogP contribution in [0.2, 0.25) is 0 Å². The lowest BCUT2D eigenvalue weighted by atomic mass is 9.82. The summed E-state index contributed by atoms with van der Waals surface area (Å²) in [6.07, 6.45) is 3.25. The Hall–Kier alpha value is -0.850. The van der Waals surface area contributed by atoms with Crippen LogP contribution in [0.25, 0.3) is 0 Å². The van der Waals surface area contributed by atoms with E-state index in [4.69, 9.17) is 4.74 Å². The summed E-state index contributed by atoms with van der Waals surface area (Å²) in [5, 5.41) is -0.246. The monoisotopic (exact) mass is 282 g/mol. The predicted molar refractivity (Wildman–Crippen MR) is 72.9 cm³/mol. The highest BCUT2D eigenvalue weighted by molar-refractivity contribution is 7.96. The first-order chi connectivity index (χ1) is 9.08. The molecule has 3 rings (SSSR count). The zero-order chi connectivity index (χ0) is 13.6. The van der Waals surface area contributed by atoms with E-state index in [2.05, 4.69) is 17.5 Å². The van der Waals surface area contributed by atoms with Crippen LogP contribution in [0, 0.1) is 11.8 Å². The molecule has 0 aromatic carbocycles. The zero-order valence-corrected chi connectivity index (χ0v) is 11.8. The third-order valence-electron chi connectivity index (χ3n) is 4.28. The molecule has 2 unspecified atom stereocenters. The van der Waals surface area contributed by atoms with Crippen molar-refractivity contribution in [3.63, 3.8) is 0 Å². The maximum absolute atomic E-state index is 12.6. The molecule has 2 bridgehead atoms. The normalized spacial score (nSPS) is 37.9. The van der Waals surface area contributed by atoms with Crippen LogP contribution in [0.15, 0.2) is 12.2 Å². The number of rotatable bonds is 2. The maximum atomic E-state index is 12.6. The summed E-state index contributed by atoms with van der Waals surface area (Å²) in [4.78, 5) is 28.3. The second-order valence-corrected chi connectivity index (χ2v) is 5.91. The maximum Gasteiger partial charge on any atom is 0.229 e. The van der Waals surface area contributed by atoms with Gasteiger partial charge in [-0.25, -0.2) is 0 Å². The Morgan fingerprint density at radius 1 is 1.11 bits per heavy atom. The molecular formula is C13H18N2O3S. The highest BCUT2D eigenvalue weighted by atomic mass is 32.1. The predicted octanol–water partition coefficient (Wildman–Crippen LogP) is -0.214. The first-order valence-corrected chi connectivity index (χ1v) is 7.06. The minimum atomic E-state index is -0.425. The van der Waals surface area contributed by atoms with Gasteiger partial charge in [0.05, 0.1) is 24.0 Å². The smallest absolute Gasteiger partial charge is 0.229 e. The topological polar surface area (TPSA) is 49.9 Å². The number of ether oxygens (including phenoxy) is 1. The average molecular weight is 282 g/mol. The van der Waals surface area contributed by atoms with Crippen molar-refractivity contribution in [2.24, 2.45) is 11.8 Å². The number of carbonyl (C=O) groups is 2. The van der Waals surface area contributed by atoms with Gasteiger partial charge in [-0.2, -0.15) is 0 Å². The molecule has 19 heavy (non-hydrogen) atoms. The molecule has 0 aliphatic carbocycles. The van der Waals surface area contributed by atoms with Crippen molar-refractivity contribution in [2.45, 2.75) is 12.2 Å². The van der Waals surface area contributed by atoms with Gasteiger partial charge in [0.2, 0.25) is 5.91 Å². The molecular weight excluding hydrogens is 264 g/mol. The number of amides is 1. The van der Waals surface area contributed by atoms with Crippen LogP contribution in [0.4, 0.5) is 0 Å². The second kappa shape index (κ2) is 4.92. The van der Waals surface area contributed by atoms with Gasteiger partial charge in [0.15, 0.2) is 5.12 Å². The average Bonchev–Trinajstić information content (AvgIpc) is 2.98. The summed E-state index contributed by atoms with van der Waals surface area (Å²) in [6.45, 7) is 3.20. The third kappa shape index (κ3) is 2.22. The van der Waals surface area contributed by atoms with Gasteiger partial charge in [0.1, 0.15) is 0 Å². The number of likely N-dealkylation sites (N-methyl/N-ethyl adjacent to an activating group) is 1.